The van der Waals surface area contributed by atoms with Crippen LogP contribution < -0.4 is 5.32 Å². The maximum Gasteiger partial charge on any atom is 0.249 e. The number of rotatable bonds is 2. The van der Waals surface area contributed by atoms with Crippen molar-refractivity contribution in [2.45, 2.75) is 13.3 Å². The van der Waals surface area contributed by atoms with Crippen LogP contribution in [-0.4, -0.2) is 38.2 Å². The van der Waals surface area contributed by atoms with Gasteiger partial charge in [0, 0.05) is 19.4 Å². The van der Waals surface area contributed by atoms with Gasteiger partial charge >= 0.3 is 0 Å². The Morgan fingerprint density at radius 3 is 2.85 bits per heavy atom. The lowest BCUT2D eigenvalue weighted by Crippen LogP contribution is -2.88. The fourth-order valence-electron chi connectivity index (χ4n) is 1.82. The Bertz CT molecular complexity index is 184. The molecule has 1 aliphatic heterocycles. The SMILES string of the molecule is CON(C)C(=O)C1CC[NH2+]CC1C. The fraction of sp³-hybridized carbons (Fsp3) is 0.889. The van der Waals surface area contributed by atoms with Gasteiger partial charge in [-0.3, -0.25) is 9.63 Å². The van der Waals surface area contributed by atoms with E-state index >= 15 is 0 Å². The standard InChI is InChI=1S/C9H18N2O2/c1-7-6-10-5-4-8(7)9(12)11(2)13-3/h7-8,10H,4-6H2,1-3H3/p+1. The minimum atomic E-state index is 0.114. The van der Waals surface area contributed by atoms with E-state index < -0.39 is 0 Å². The lowest BCUT2D eigenvalue weighted by molar-refractivity contribution is -0.670. The normalized spacial score (nSPS) is 28.5. The summed E-state index contributed by atoms with van der Waals surface area (Å²) in [6.45, 7) is 4.23. The molecule has 2 atom stereocenters. The minimum Gasteiger partial charge on any atom is -0.346 e. The molecule has 0 aliphatic carbocycles. The van der Waals surface area contributed by atoms with Crippen LogP contribution >= 0.6 is 0 Å². The summed E-state index contributed by atoms with van der Waals surface area (Å²) in [5.74, 6) is 0.719. The van der Waals surface area contributed by atoms with Crippen molar-refractivity contribution in [3.63, 3.8) is 0 Å². The number of hydrogen-bond donors (Lipinski definition) is 1. The lowest BCUT2D eigenvalue weighted by atomic mass is 9.87. The number of quaternary nitrogens is 1. The second-order valence-electron chi connectivity index (χ2n) is 3.70. The van der Waals surface area contributed by atoms with Crippen molar-refractivity contribution < 1.29 is 14.9 Å². The van der Waals surface area contributed by atoms with E-state index in [1.54, 1.807) is 7.05 Å². The lowest BCUT2D eigenvalue weighted by Gasteiger charge is -2.28. The number of carbonyl (C=O) groups is 1. The first-order valence-electron chi connectivity index (χ1n) is 4.80. The summed E-state index contributed by atoms with van der Waals surface area (Å²) in [4.78, 5) is 16.6. The zero-order valence-electron chi connectivity index (χ0n) is 8.62. The maximum atomic E-state index is 11.7. The van der Waals surface area contributed by atoms with Gasteiger partial charge in [-0.2, -0.15) is 0 Å². The summed E-state index contributed by atoms with van der Waals surface area (Å²) in [6.07, 6.45) is 0.966. The molecule has 0 aromatic rings. The van der Waals surface area contributed by atoms with E-state index in [9.17, 15) is 4.79 Å². The first kappa shape index (κ1) is 10.5. The second-order valence-corrected chi connectivity index (χ2v) is 3.70. The van der Waals surface area contributed by atoms with Crippen molar-refractivity contribution in [1.29, 1.82) is 0 Å². The van der Waals surface area contributed by atoms with Crippen molar-refractivity contribution in [2.75, 3.05) is 27.2 Å². The molecule has 0 aromatic carbocycles. The zero-order valence-corrected chi connectivity index (χ0v) is 8.62. The van der Waals surface area contributed by atoms with Crippen molar-refractivity contribution in [3.05, 3.63) is 0 Å². The molecule has 1 fully saturated rings. The van der Waals surface area contributed by atoms with E-state index in [-0.39, 0.29) is 11.8 Å². The van der Waals surface area contributed by atoms with E-state index in [2.05, 4.69) is 12.2 Å². The molecule has 1 amide bonds. The van der Waals surface area contributed by atoms with E-state index in [0.29, 0.717) is 5.92 Å². The Morgan fingerprint density at radius 2 is 2.31 bits per heavy atom. The smallest absolute Gasteiger partial charge is 0.249 e. The number of nitrogens with zero attached hydrogens (tertiary/aromatic N) is 1. The number of hydrogen-bond acceptors (Lipinski definition) is 2. The summed E-state index contributed by atoms with van der Waals surface area (Å²) in [7, 11) is 3.20. The molecule has 1 aliphatic rings. The highest BCUT2D eigenvalue weighted by atomic mass is 16.7. The highest BCUT2D eigenvalue weighted by Gasteiger charge is 2.31. The molecule has 1 rings (SSSR count). The Balaban J connectivity index is 2.53. The van der Waals surface area contributed by atoms with Gasteiger partial charge in [-0.25, -0.2) is 5.06 Å². The van der Waals surface area contributed by atoms with Crippen LogP contribution in [-0.2, 0) is 9.63 Å². The first-order valence-corrected chi connectivity index (χ1v) is 4.80. The van der Waals surface area contributed by atoms with E-state index in [0.717, 1.165) is 19.5 Å². The van der Waals surface area contributed by atoms with Crippen LogP contribution in [0.4, 0.5) is 0 Å². The van der Waals surface area contributed by atoms with Crippen LogP contribution in [0.1, 0.15) is 13.3 Å². The molecule has 0 bridgehead atoms. The fourth-order valence-corrected chi connectivity index (χ4v) is 1.82. The van der Waals surface area contributed by atoms with Gasteiger partial charge in [-0.1, -0.05) is 6.92 Å². The van der Waals surface area contributed by atoms with Gasteiger partial charge in [0.1, 0.15) is 0 Å². The molecule has 13 heavy (non-hydrogen) atoms. The average molecular weight is 187 g/mol. The maximum absolute atomic E-state index is 11.7. The molecular weight excluding hydrogens is 168 g/mol. The monoisotopic (exact) mass is 187 g/mol. The predicted octanol–water partition coefficient (Wildman–Crippen LogP) is -0.774. The Hall–Kier alpha value is -0.610. The van der Waals surface area contributed by atoms with Crippen molar-refractivity contribution in [3.8, 4) is 0 Å². The van der Waals surface area contributed by atoms with Crippen molar-refractivity contribution >= 4 is 5.91 Å². The number of carbonyl (C=O) groups excluding carboxylic acids is 1. The molecule has 2 N–H and O–H groups in total. The summed E-state index contributed by atoms with van der Waals surface area (Å²) >= 11 is 0. The third-order valence-corrected chi connectivity index (χ3v) is 2.81. The molecule has 76 valence electrons. The number of hydroxylamine groups is 2. The third kappa shape index (κ3) is 2.42. The van der Waals surface area contributed by atoms with Crippen LogP contribution in [0.25, 0.3) is 0 Å². The van der Waals surface area contributed by atoms with Gasteiger partial charge in [0.15, 0.2) is 0 Å². The molecule has 0 saturated carbocycles. The molecule has 1 heterocycles. The Labute approximate surface area is 79.2 Å². The quantitative estimate of drug-likeness (QED) is 0.577. The molecule has 0 aromatic heterocycles. The minimum absolute atomic E-state index is 0.114. The molecule has 2 unspecified atom stereocenters. The van der Waals surface area contributed by atoms with Crippen LogP contribution in [0.5, 0.6) is 0 Å². The number of amides is 1. The van der Waals surface area contributed by atoms with Crippen molar-refractivity contribution in [2.24, 2.45) is 11.8 Å². The van der Waals surface area contributed by atoms with Crippen LogP contribution in [0.3, 0.4) is 0 Å². The van der Waals surface area contributed by atoms with Gasteiger partial charge in [0.25, 0.3) is 0 Å². The largest absolute Gasteiger partial charge is 0.346 e. The Morgan fingerprint density at radius 1 is 1.62 bits per heavy atom. The van der Waals surface area contributed by atoms with E-state index in [1.807, 2.05) is 0 Å². The first-order chi connectivity index (χ1) is 6.16. The topological polar surface area (TPSA) is 46.1 Å². The van der Waals surface area contributed by atoms with E-state index in [1.165, 1.54) is 12.2 Å². The highest BCUT2D eigenvalue weighted by molar-refractivity contribution is 5.77. The third-order valence-electron chi connectivity index (χ3n) is 2.81. The summed E-state index contributed by atoms with van der Waals surface area (Å²) < 4.78 is 0. The zero-order chi connectivity index (χ0) is 9.84. The molecule has 1 saturated heterocycles. The van der Waals surface area contributed by atoms with Gasteiger partial charge in [0.05, 0.1) is 26.1 Å². The van der Waals surface area contributed by atoms with Gasteiger partial charge < -0.3 is 5.32 Å². The summed E-state index contributed by atoms with van der Waals surface area (Å²) in [6, 6.07) is 0. The molecule has 4 nitrogen and oxygen atoms in total. The molecule has 4 heteroatoms. The highest BCUT2D eigenvalue weighted by Crippen LogP contribution is 2.18. The molecule has 0 radical (unpaired) electrons. The number of piperidine rings is 1. The van der Waals surface area contributed by atoms with Gasteiger partial charge in [-0.15, -0.1) is 0 Å². The second kappa shape index (κ2) is 4.58. The summed E-state index contributed by atoms with van der Waals surface area (Å²) in [5.41, 5.74) is 0. The average Bonchev–Trinajstić information content (AvgIpc) is 2.16. The molecule has 0 spiro atoms. The Kier molecular flexibility index (Phi) is 3.69. The molecular formula is C9H19N2O2+. The van der Waals surface area contributed by atoms with Crippen molar-refractivity contribution in [1.82, 2.24) is 5.06 Å². The summed E-state index contributed by atoms with van der Waals surface area (Å²) in [5, 5.41) is 3.60. The van der Waals surface area contributed by atoms with Gasteiger partial charge in [0.2, 0.25) is 5.91 Å². The van der Waals surface area contributed by atoms with Gasteiger partial charge in [-0.05, 0) is 0 Å². The van der Waals surface area contributed by atoms with E-state index in [4.69, 9.17) is 4.84 Å². The van der Waals surface area contributed by atoms with Crippen LogP contribution in [0, 0.1) is 11.8 Å². The van der Waals surface area contributed by atoms with Crippen LogP contribution in [0.2, 0.25) is 0 Å². The van der Waals surface area contributed by atoms with Crippen LogP contribution in [0.15, 0.2) is 0 Å². The predicted molar refractivity (Wildman–Crippen MR) is 48.7 cm³/mol. The number of nitrogens with two attached hydrogens (primary N) is 1.